The van der Waals surface area contributed by atoms with Gasteiger partial charge in [-0.1, -0.05) is 12.1 Å². The molecule has 1 saturated heterocycles. The average molecular weight is 386 g/mol. The Bertz CT molecular complexity index is 910. The molecule has 27 heavy (non-hydrogen) atoms. The molecule has 0 radical (unpaired) electrons. The third-order valence-corrected chi connectivity index (χ3v) is 4.88. The second-order valence-electron chi connectivity index (χ2n) is 5.72. The quantitative estimate of drug-likeness (QED) is 0.692. The van der Waals surface area contributed by atoms with Gasteiger partial charge in [-0.2, -0.15) is 0 Å². The molecular formula is C18H14N2O6S. The van der Waals surface area contributed by atoms with E-state index >= 15 is 0 Å². The van der Waals surface area contributed by atoms with E-state index in [1.165, 1.54) is 36.4 Å². The number of carboxylic acid groups (broad SMARTS) is 2. The topological polar surface area (TPSA) is 124 Å². The highest BCUT2D eigenvalue weighted by atomic mass is 32.2. The van der Waals surface area contributed by atoms with Crippen molar-refractivity contribution in [2.45, 2.75) is 11.9 Å². The number of carboxylic acids is 2. The van der Waals surface area contributed by atoms with Gasteiger partial charge in [-0.05, 0) is 53.7 Å². The van der Waals surface area contributed by atoms with Gasteiger partial charge >= 0.3 is 11.9 Å². The first kappa shape index (κ1) is 18.5. The minimum atomic E-state index is -1.05. The third kappa shape index (κ3) is 4.09. The van der Waals surface area contributed by atoms with Crippen LogP contribution in [0, 0.1) is 0 Å². The molecule has 3 N–H and O–H groups in total. The Morgan fingerprint density at radius 3 is 1.96 bits per heavy atom. The lowest BCUT2D eigenvalue weighted by Crippen LogP contribution is -2.33. The number of thioether (sulfide) groups is 1. The predicted octanol–water partition coefficient (Wildman–Crippen LogP) is 2.72. The molecule has 0 spiro atoms. The molecule has 1 fully saturated rings. The van der Waals surface area contributed by atoms with E-state index in [0.717, 1.165) is 16.7 Å². The lowest BCUT2D eigenvalue weighted by atomic mass is 10.1. The molecule has 1 atom stereocenters. The Morgan fingerprint density at radius 2 is 1.44 bits per heavy atom. The monoisotopic (exact) mass is 386 g/mol. The number of aromatic carboxylic acids is 2. The van der Waals surface area contributed by atoms with Crippen molar-refractivity contribution in [3.8, 4) is 0 Å². The van der Waals surface area contributed by atoms with E-state index < -0.39 is 28.5 Å². The van der Waals surface area contributed by atoms with E-state index in [-0.39, 0.29) is 17.7 Å². The smallest absolute Gasteiger partial charge is 0.335 e. The van der Waals surface area contributed by atoms with Crippen LogP contribution < -0.4 is 5.32 Å². The average Bonchev–Trinajstić information content (AvgIpc) is 2.90. The number of carbonyl (C=O) groups excluding carboxylic acids is 2. The summed E-state index contributed by atoms with van der Waals surface area (Å²) in [5, 5.41) is 19.5. The van der Waals surface area contributed by atoms with Crippen molar-refractivity contribution in [3.05, 3.63) is 65.2 Å². The van der Waals surface area contributed by atoms with Gasteiger partial charge in [0.05, 0.1) is 17.7 Å². The molecule has 2 amide bonds. The molecule has 3 rings (SSSR count). The molecule has 9 heteroatoms. The van der Waals surface area contributed by atoms with Gasteiger partial charge in [0.1, 0.15) is 0 Å². The first-order chi connectivity index (χ1) is 12.8. The van der Waals surface area contributed by atoms with Crippen LogP contribution in [0.4, 0.5) is 10.5 Å². The Kier molecular flexibility index (Phi) is 5.13. The van der Waals surface area contributed by atoms with E-state index in [9.17, 15) is 19.2 Å². The zero-order valence-electron chi connectivity index (χ0n) is 13.8. The molecule has 8 nitrogen and oxygen atoms in total. The third-order valence-electron chi connectivity index (χ3n) is 3.90. The molecule has 0 aromatic heterocycles. The van der Waals surface area contributed by atoms with E-state index in [0.29, 0.717) is 11.3 Å². The van der Waals surface area contributed by atoms with Crippen LogP contribution in [0.5, 0.6) is 0 Å². The van der Waals surface area contributed by atoms with Crippen LogP contribution in [-0.4, -0.2) is 43.6 Å². The minimum Gasteiger partial charge on any atom is -0.478 e. The Morgan fingerprint density at radius 1 is 0.926 bits per heavy atom. The highest BCUT2D eigenvalue weighted by Gasteiger charge is 2.39. The summed E-state index contributed by atoms with van der Waals surface area (Å²) in [7, 11) is 0. The molecule has 1 aliphatic rings. The fraction of sp³-hybridized carbons (Fsp3) is 0.111. The number of benzene rings is 2. The maximum atomic E-state index is 12.5. The van der Waals surface area contributed by atoms with Gasteiger partial charge < -0.3 is 15.5 Å². The lowest BCUT2D eigenvalue weighted by Gasteiger charge is -2.15. The Hall–Kier alpha value is -3.33. The van der Waals surface area contributed by atoms with Crippen LogP contribution in [0.3, 0.4) is 0 Å². The summed E-state index contributed by atoms with van der Waals surface area (Å²) >= 11 is 0.830. The van der Waals surface area contributed by atoms with Crippen LogP contribution in [0.1, 0.15) is 26.3 Å². The van der Waals surface area contributed by atoms with Gasteiger partial charge in [-0.15, -0.1) is 0 Å². The van der Waals surface area contributed by atoms with Crippen molar-refractivity contribution in [1.82, 2.24) is 4.90 Å². The number of anilines is 1. The van der Waals surface area contributed by atoms with Gasteiger partial charge in [0.25, 0.3) is 11.1 Å². The van der Waals surface area contributed by atoms with E-state index in [1.807, 2.05) is 0 Å². The molecule has 138 valence electrons. The second kappa shape index (κ2) is 7.50. The van der Waals surface area contributed by atoms with Crippen LogP contribution in [0.25, 0.3) is 0 Å². The number of hydrogen-bond acceptors (Lipinski definition) is 6. The number of nitrogens with zero attached hydrogens (tertiary/aromatic N) is 1. The van der Waals surface area contributed by atoms with Gasteiger partial charge in [-0.25, -0.2) is 9.59 Å². The van der Waals surface area contributed by atoms with Crippen molar-refractivity contribution in [1.29, 1.82) is 0 Å². The molecular weight excluding hydrogens is 372 g/mol. The zero-order chi connectivity index (χ0) is 19.6. The van der Waals surface area contributed by atoms with Gasteiger partial charge in [0.15, 0.2) is 5.37 Å². The first-order valence-electron chi connectivity index (χ1n) is 7.79. The number of carbonyl (C=O) groups is 4. The number of rotatable bonds is 6. The highest BCUT2D eigenvalue weighted by Crippen LogP contribution is 2.29. The Balaban J connectivity index is 1.67. The highest BCUT2D eigenvalue weighted by molar-refractivity contribution is 8.15. The van der Waals surface area contributed by atoms with Crippen LogP contribution in [0.15, 0.2) is 48.5 Å². The molecule has 0 bridgehead atoms. The van der Waals surface area contributed by atoms with Crippen LogP contribution in [0.2, 0.25) is 0 Å². The summed E-state index contributed by atoms with van der Waals surface area (Å²) in [5.74, 6) is -2.53. The van der Waals surface area contributed by atoms with Gasteiger partial charge in [-0.3, -0.25) is 14.5 Å². The number of imide groups is 1. The van der Waals surface area contributed by atoms with Crippen molar-refractivity contribution in [2.75, 3.05) is 5.32 Å². The van der Waals surface area contributed by atoms with E-state index in [2.05, 4.69) is 5.32 Å². The molecule has 0 aliphatic carbocycles. The molecule has 1 heterocycles. The zero-order valence-corrected chi connectivity index (χ0v) is 14.6. The summed E-state index contributed by atoms with van der Waals surface area (Å²) < 4.78 is 0. The van der Waals surface area contributed by atoms with Crippen molar-refractivity contribution >= 4 is 40.5 Å². The number of nitrogens with one attached hydrogen (secondary N) is 1. The fourth-order valence-corrected chi connectivity index (χ4v) is 3.38. The van der Waals surface area contributed by atoms with Gasteiger partial charge in [0, 0.05) is 5.69 Å². The molecule has 2 aromatic rings. The standard InChI is InChI=1S/C18H14N2O6S/c21-15-14(19-13-7-5-12(6-8-13)17(24)25)27-18(26)20(15)9-10-1-3-11(4-2-10)16(22)23/h1-8,14,19H,9H2,(H,22,23)(H,24,25)/t14-/m1/s1. The van der Waals surface area contributed by atoms with Crippen molar-refractivity contribution in [3.63, 3.8) is 0 Å². The lowest BCUT2D eigenvalue weighted by molar-refractivity contribution is -0.126. The van der Waals surface area contributed by atoms with E-state index in [1.54, 1.807) is 12.1 Å². The molecule has 1 aliphatic heterocycles. The molecule has 2 aromatic carbocycles. The number of amides is 2. The van der Waals surface area contributed by atoms with E-state index in [4.69, 9.17) is 10.2 Å². The summed E-state index contributed by atoms with van der Waals surface area (Å²) in [4.78, 5) is 47.5. The summed E-state index contributed by atoms with van der Waals surface area (Å²) in [5.41, 5.74) is 1.39. The molecule has 0 unspecified atom stereocenters. The summed E-state index contributed by atoms with van der Waals surface area (Å²) in [6.45, 7) is 0.0424. The van der Waals surface area contributed by atoms with Gasteiger partial charge in [0.2, 0.25) is 0 Å². The maximum absolute atomic E-state index is 12.5. The Labute approximate surface area is 157 Å². The second-order valence-corrected chi connectivity index (χ2v) is 6.77. The van der Waals surface area contributed by atoms with Crippen LogP contribution in [-0.2, 0) is 11.3 Å². The normalized spacial score (nSPS) is 16.4. The summed E-state index contributed by atoms with van der Waals surface area (Å²) in [6, 6.07) is 11.8. The minimum absolute atomic E-state index is 0.0424. The maximum Gasteiger partial charge on any atom is 0.335 e. The first-order valence-corrected chi connectivity index (χ1v) is 8.67. The fourth-order valence-electron chi connectivity index (χ4n) is 2.48. The van der Waals surface area contributed by atoms with Crippen LogP contribution >= 0.6 is 11.8 Å². The predicted molar refractivity (Wildman–Crippen MR) is 97.8 cm³/mol. The van der Waals surface area contributed by atoms with Crippen molar-refractivity contribution in [2.24, 2.45) is 0 Å². The summed E-state index contributed by atoms with van der Waals surface area (Å²) in [6.07, 6.45) is 0. The number of hydrogen-bond donors (Lipinski definition) is 3. The largest absolute Gasteiger partial charge is 0.478 e. The molecule has 0 saturated carbocycles. The van der Waals surface area contributed by atoms with Crippen molar-refractivity contribution < 1.29 is 29.4 Å². The SMILES string of the molecule is O=C(O)c1ccc(CN2C(=O)S[C@@H](Nc3ccc(C(=O)O)cc3)C2=O)cc1.